The third kappa shape index (κ3) is 1.84. The molecule has 1 atom stereocenters. The Kier molecular flexibility index (Phi) is 2.86. The molecule has 3 rings (SSSR count). The van der Waals surface area contributed by atoms with Gasteiger partial charge in [-0.05, 0) is 42.2 Å². The summed E-state index contributed by atoms with van der Waals surface area (Å²) >= 11 is 0. The molecular weight excluding hydrogens is 236 g/mol. The van der Waals surface area contributed by atoms with Gasteiger partial charge in [0.15, 0.2) is 5.78 Å². The summed E-state index contributed by atoms with van der Waals surface area (Å²) in [5.74, 6) is 1.12. The van der Waals surface area contributed by atoms with Crippen LogP contribution in [0.15, 0.2) is 41.5 Å². The van der Waals surface area contributed by atoms with Crippen molar-refractivity contribution in [2.24, 2.45) is 5.92 Å². The molecule has 2 aromatic rings. The first-order chi connectivity index (χ1) is 9.24. The predicted molar refractivity (Wildman–Crippen MR) is 76.1 cm³/mol. The number of furan rings is 1. The monoisotopic (exact) mass is 252 g/mol. The molecule has 0 bridgehead atoms. The number of hydrogen-bond donors (Lipinski definition) is 0. The molecule has 2 heteroatoms. The lowest BCUT2D eigenvalue weighted by atomic mass is 9.97. The summed E-state index contributed by atoms with van der Waals surface area (Å²) in [6.07, 6.45) is 5.17. The van der Waals surface area contributed by atoms with Gasteiger partial charge in [-0.2, -0.15) is 0 Å². The maximum atomic E-state index is 12.5. The van der Waals surface area contributed by atoms with Crippen LogP contribution in [0.4, 0.5) is 0 Å². The van der Waals surface area contributed by atoms with Gasteiger partial charge in [0.2, 0.25) is 0 Å². The van der Waals surface area contributed by atoms with Crippen LogP contribution in [-0.2, 0) is 6.42 Å². The lowest BCUT2D eigenvalue weighted by Gasteiger charge is -2.07. The maximum absolute atomic E-state index is 12.5. The number of benzene rings is 1. The molecule has 0 saturated heterocycles. The highest BCUT2D eigenvalue weighted by Gasteiger charge is 2.32. The van der Waals surface area contributed by atoms with Crippen molar-refractivity contribution >= 4 is 11.9 Å². The van der Waals surface area contributed by atoms with Crippen LogP contribution in [-0.4, -0.2) is 5.78 Å². The molecule has 1 aliphatic rings. The summed E-state index contributed by atoms with van der Waals surface area (Å²) in [4.78, 5) is 12.5. The smallest absolute Gasteiger partial charge is 0.167 e. The zero-order chi connectivity index (χ0) is 13.4. The predicted octanol–water partition coefficient (Wildman–Crippen LogP) is 4.35. The average molecular weight is 252 g/mol. The molecule has 1 aliphatic carbocycles. The second-order valence-corrected chi connectivity index (χ2v) is 4.96. The van der Waals surface area contributed by atoms with Crippen LogP contribution in [0.5, 0.6) is 0 Å². The molecule has 2 nitrogen and oxygen atoms in total. The van der Waals surface area contributed by atoms with Crippen LogP contribution in [0.1, 0.15) is 34.8 Å². The van der Waals surface area contributed by atoms with E-state index in [1.54, 1.807) is 6.26 Å². The number of fused-ring (bicyclic) bond motifs is 1. The van der Waals surface area contributed by atoms with Crippen molar-refractivity contribution in [2.75, 3.05) is 0 Å². The highest BCUT2D eigenvalue weighted by atomic mass is 16.3. The van der Waals surface area contributed by atoms with Crippen molar-refractivity contribution in [2.45, 2.75) is 19.8 Å². The minimum absolute atomic E-state index is 0.115. The first-order valence-corrected chi connectivity index (χ1v) is 6.62. The third-order valence-electron chi connectivity index (χ3n) is 3.84. The van der Waals surface area contributed by atoms with Gasteiger partial charge < -0.3 is 4.42 Å². The zero-order valence-corrected chi connectivity index (χ0v) is 11.0. The Bertz CT molecular complexity index is 636. The summed E-state index contributed by atoms with van der Waals surface area (Å²) in [5, 5.41) is 0. The van der Waals surface area contributed by atoms with Crippen molar-refractivity contribution in [3.63, 3.8) is 0 Å². The van der Waals surface area contributed by atoms with Gasteiger partial charge in [-0.15, -0.1) is 0 Å². The fourth-order valence-electron chi connectivity index (χ4n) is 2.81. The van der Waals surface area contributed by atoms with E-state index in [1.165, 1.54) is 0 Å². The minimum atomic E-state index is 0.115. The van der Waals surface area contributed by atoms with Gasteiger partial charge in [0.05, 0.1) is 6.26 Å². The fourth-order valence-corrected chi connectivity index (χ4v) is 2.81. The van der Waals surface area contributed by atoms with E-state index in [4.69, 9.17) is 4.42 Å². The summed E-state index contributed by atoms with van der Waals surface area (Å²) in [6.45, 7) is 5.89. The molecular formula is C17H16O2. The molecule has 1 unspecified atom stereocenters. The molecule has 0 saturated carbocycles. The molecule has 0 amide bonds. The second kappa shape index (κ2) is 4.54. The molecule has 0 fully saturated rings. The van der Waals surface area contributed by atoms with Crippen molar-refractivity contribution in [3.8, 4) is 11.3 Å². The average Bonchev–Trinajstić information content (AvgIpc) is 3.06. The van der Waals surface area contributed by atoms with Crippen molar-refractivity contribution in [1.82, 2.24) is 0 Å². The van der Waals surface area contributed by atoms with Gasteiger partial charge in [-0.3, -0.25) is 4.79 Å². The van der Waals surface area contributed by atoms with Crippen molar-refractivity contribution in [1.29, 1.82) is 0 Å². The van der Waals surface area contributed by atoms with E-state index in [-0.39, 0.29) is 11.7 Å². The van der Waals surface area contributed by atoms with E-state index < -0.39 is 0 Å². The van der Waals surface area contributed by atoms with Crippen molar-refractivity contribution in [3.05, 3.63) is 53.8 Å². The maximum Gasteiger partial charge on any atom is 0.167 e. The number of hydrogen-bond acceptors (Lipinski definition) is 2. The summed E-state index contributed by atoms with van der Waals surface area (Å²) in [6, 6.07) is 7.80. The lowest BCUT2D eigenvalue weighted by molar-refractivity contribution is 0.0934. The fraction of sp³-hybridized carbons (Fsp3) is 0.235. The Morgan fingerprint density at radius 1 is 1.47 bits per heavy atom. The third-order valence-corrected chi connectivity index (χ3v) is 3.84. The highest BCUT2D eigenvalue weighted by Crippen LogP contribution is 2.37. The van der Waals surface area contributed by atoms with E-state index in [1.807, 2.05) is 24.3 Å². The SMILES string of the molecule is C=Cc1cc2c(c(-c3ccco3)c1)C(=O)C(CC)C2. The summed E-state index contributed by atoms with van der Waals surface area (Å²) in [7, 11) is 0. The molecule has 19 heavy (non-hydrogen) atoms. The van der Waals surface area contributed by atoms with Crippen LogP contribution in [0.3, 0.4) is 0 Å². The van der Waals surface area contributed by atoms with Crippen LogP contribution in [0.2, 0.25) is 0 Å². The number of Topliss-reactive ketones (excluding diaryl/α,β-unsaturated/α-hetero) is 1. The normalized spacial score (nSPS) is 17.5. The number of carbonyl (C=O) groups excluding carboxylic acids is 1. The quantitative estimate of drug-likeness (QED) is 0.812. The van der Waals surface area contributed by atoms with Crippen LogP contribution >= 0.6 is 0 Å². The number of carbonyl (C=O) groups is 1. The van der Waals surface area contributed by atoms with Gasteiger partial charge in [0.25, 0.3) is 0 Å². The second-order valence-electron chi connectivity index (χ2n) is 4.96. The van der Waals surface area contributed by atoms with Crippen LogP contribution < -0.4 is 0 Å². The van der Waals surface area contributed by atoms with Gasteiger partial charge >= 0.3 is 0 Å². The van der Waals surface area contributed by atoms with Gasteiger partial charge in [0, 0.05) is 17.0 Å². The van der Waals surface area contributed by atoms with Gasteiger partial charge in [-0.1, -0.05) is 25.6 Å². The van der Waals surface area contributed by atoms with Gasteiger partial charge in [0.1, 0.15) is 5.76 Å². The molecule has 1 aromatic carbocycles. The molecule has 0 radical (unpaired) electrons. The molecule has 0 spiro atoms. The van der Waals surface area contributed by atoms with E-state index in [0.717, 1.165) is 40.9 Å². The minimum Gasteiger partial charge on any atom is -0.464 e. The lowest BCUT2D eigenvalue weighted by Crippen LogP contribution is -2.07. The summed E-state index contributed by atoms with van der Waals surface area (Å²) < 4.78 is 5.48. The molecule has 0 N–H and O–H groups in total. The number of rotatable bonds is 3. The topological polar surface area (TPSA) is 30.2 Å². The first kappa shape index (κ1) is 12.0. The van der Waals surface area contributed by atoms with Crippen LogP contribution in [0, 0.1) is 5.92 Å². The van der Waals surface area contributed by atoms with E-state index in [9.17, 15) is 4.79 Å². The standard InChI is InChI=1S/C17H16O2/c1-3-11-8-13-10-12(4-2)17(18)16(13)14(9-11)15-6-5-7-19-15/h3,5-9,12H,1,4,10H2,2H3. The Hall–Kier alpha value is -2.09. The molecule has 96 valence electrons. The molecule has 1 heterocycles. The highest BCUT2D eigenvalue weighted by molar-refractivity contribution is 6.07. The molecule has 0 aliphatic heterocycles. The largest absolute Gasteiger partial charge is 0.464 e. The van der Waals surface area contributed by atoms with E-state index >= 15 is 0 Å². The Morgan fingerprint density at radius 3 is 2.95 bits per heavy atom. The van der Waals surface area contributed by atoms with E-state index in [2.05, 4.69) is 19.6 Å². The Balaban J connectivity index is 2.23. The van der Waals surface area contributed by atoms with Crippen LogP contribution in [0.25, 0.3) is 17.4 Å². The Labute approximate surface area is 112 Å². The number of ketones is 1. The Morgan fingerprint density at radius 2 is 2.32 bits per heavy atom. The van der Waals surface area contributed by atoms with E-state index in [0.29, 0.717) is 0 Å². The molecule has 1 aromatic heterocycles. The van der Waals surface area contributed by atoms with Gasteiger partial charge in [-0.25, -0.2) is 0 Å². The summed E-state index contributed by atoms with van der Waals surface area (Å²) in [5.41, 5.74) is 3.90. The zero-order valence-electron chi connectivity index (χ0n) is 11.0. The van der Waals surface area contributed by atoms with Crippen molar-refractivity contribution < 1.29 is 9.21 Å². The first-order valence-electron chi connectivity index (χ1n) is 6.62.